The van der Waals surface area contributed by atoms with Gasteiger partial charge < -0.3 is 20.1 Å². The van der Waals surface area contributed by atoms with Crippen molar-refractivity contribution >= 4 is 50.2 Å². The Hall–Kier alpha value is -0.410. The molecule has 1 saturated heterocycles. The summed E-state index contributed by atoms with van der Waals surface area (Å²) in [7, 11) is 0. The van der Waals surface area contributed by atoms with Gasteiger partial charge in [-0.15, -0.1) is 0 Å². The molecule has 1 aromatic carbocycles. The zero-order chi connectivity index (χ0) is 15.3. The summed E-state index contributed by atoms with van der Waals surface area (Å²) in [4.78, 5) is 4.27. The third-order valence-corrected chi connectivity index (χ3v) is 4.74. The maximum absolute atomic E-state index is 10.1. The van der Waals surface area contributed by atoms with Gasteiger partial charge in [-0.1, -0.05) is 23.2 Å². The van der Waals surface area contributed by atoms with Crippen LogP contribution in [0.5, 0.6) is 0 Å². The Labute approximate surface area is 138 Å². The Balaban J connectivity index is 2.12. The summed E-state index contributed by atoms with van der Waals surface area (Å²) in [6, 6.07) is 3.20. The summed E-state index contributed by atoms with van der Waals surface area (Å²) in [5.74, 6) is 0. The topological polar surface area (TPSA) is 87.7 Å². The normalized spacial score (nSPS) is 29.4. The number of benzene rings is 1. The molecule has 21 heavy (non-hydrogen) atoms. The zero-order valence-electron chi connectivity index (χ0n) is 10.4. The Morgan fingerprint density at radius 1 is 1.24 bits per heavy atom. The Kier molecular flexibility index (Phi) is 4.17. The van der Waals surface area contributed by atoms with E-state index in [9.17, 15) is 10.2 Å². The molecule has 1 fully saturated rings. The van der Waals surface area contributed by atoms with Crippen molar-refractivity contribution in [3.63, 3.8) is 0 Å². The Bertz CT molecular complexity index is 695. The maximum atomic E-state index is 10.1. The first kappa shape index (κ1) is 15.5. The van der Waals surface area contributed by atoms with Gasteiger partial charge in [0.2, 0.25) is 0 Å². The van der Waals surface area contributed by atoms with Crippen molar-refractivity contribution in [2.75, 3.05) is 6.61 Å². The van der Waals surface area contributed by atoms with Crippen molar-refractivity contribution in [1.29, 1.82) is 0 Å². The number of fused-ring (bicyclic) bond motifs is 1. The lowest BCUT2D eigenvalue weighted by atomic mass is 10.1. The van der Waals surface area contributed by atoms with Gasteiger partial charge in [0.05, 0.1) is 27.7 Å². The number of hydrogen-bond donors (Lipinski definition) is 3. The van der Waals surface area contributed by atoms with Crippen molar-refractivity contribution in [3.05, 3.63) is 26.9 Å². The van der Waals surface area contributed by atoms with Crippen LogP contribution in [0.2, 0.25) is 10.0 Å². The lowest BCUT2D eigenvalue weighted by molar-refractivity contribution is -0.0518. The van der Waals surface area contributed by atoms with Crippen LogP contribution >= 0.6 is 39.1 Å². The molecule has 0 radical (unpaired) electrons. The van der Waals surface area contributed by atoms with Crippen LogP contribution in [0.3, 0.4) is 0 Å². The van der Waals surface area contributed by atoms with Gasteiger partial charge in [-0.05, 0) is 28.1 Å². The third kappa shape index (κ3) is 2.46. The first-order valence-electron chi connectivity index (χ1n) is 6.09. The summed E-state index contributed by atoms with van der Waals surface area (Å²) < 4.78 is 7.46. The number of aliphatic hydroxyl groups excluding tert-OH is 3. The highest BCUT2D eigenvalue weighted by Gasteiger charge is 2.44. The number of aromatic nitrogens is 2. The van der Waals surface area contributed by atoms with Crippen molar-refractivity contribution in [2.45, 2.75) is 24.5 Å². The molecule has 1 aliphatic heterocycles. The zero-order valence-corrected chi connectivity index (χ0v) is 13.5. The van der Waals surface area contributed by atoms with E-state index in [1.54, 1.807) is 16.7 Å². The van der Waals surface area contributed by atoms with Gasteiger partial charge in [0, 0.05) is 0 Å². The Morgan fingerprint density at radius 3 is 2.52 bits per heavy atom. The summed E-state index contributed by atoms with van der Waals surface area (Å²) in [6.45, 7) is -0.397. The largest absolute Gasteiger partial charge is 0.394 e. The fraction of sp³-hybridized carbons (Fsp3) is 0.417. The minimum atomic E-state index is -1.20. The van der Waals surface area contributed by atoms with Crippen LogP contribution in [0.25, 0.3) is 11.0 Å². The average Bonchev–Trinajstić information content (AvgIpc) is 2.89. The van der Waals surface area contributed by atoms with Crippen LogP contribution in [0.15, 0.2) is 16.9 Å². The molecule has 0 bridgehead atoms. The van der Waals surface area contributed by atoms with E-state index in [4.69, 9.17) is 33.0 Å². The van der Waals surface area contributed by atoms with Crippen LogP contribution in [-0.4, -0.2) is 49.8 Å². The van der Waals surface area contributed by atoms with E-state index in [1.165, 1.54) is 0 Å². The van der Waals surface area contributed by atoms with E-state index in [1.807, 2.05) is 0 Å². The van der Waals surface area contributed by atoms with Gasteiger partial charge in [0.15, 0.2) is 11.0 Å². The minimum absolute atomic E-state index is 0.338. The molecule has 0 unspecified atom stereocenters. The van der Waals surface area contributed by atoms with Gasteiger partial charge >= 0.3 is 0 Å². The van der Waals surface area contributed by atoms with Crippen molar-refractivity contribution in [1.82, 2.24) is 9.55 Å². The highest BCUT2D eigenvalue weighted by molar-refractivity contribution is 9.10. The lowest BCUT2D eigenvalue weighted by Crippen LogP contribution is -2.33. The van der Waals surface area contributed by atoms with E-state index in [0.29, 0.717) is 25.8 Å². The molecule has 1 aromatic heterocycles. The molecule has 0 saturated carbocycles. The third-order valence-electron chi connectivity index (χ3n) is 3.46. The molecule has 0 aliphatic carbocycles. The molecule has 114 valence electrons. The molecule has 3 rings (SSSR count). The first-order chi connectivity index (χ1) is 9.93. The van der Waals surface area contributed by atoms with Gasteiger partial charge in [-0.25, -0.2) is 4.98 Å². The van der Waals surface area contributed by atoms with Crippen molar-refractivity contribution in [3.8, 4) is 0 Å². The SMILES string of the molecule is OC[C@@H]1O[C@@H](n2c(Br)nc3cc(Cl)c(Cl)cc32)[C@@H](O)[C@H]1O. The molecule has 1 aliphatic rings. The number of hydrogen-bond acceptors (Lipinski definition) is 5. The molecule has 4 atom stereocenters. The molecule has 2 heterocycles. The minimum Gasteiger partial charge on any atom is -0.394 e. The molecule has 0 amide bonds. The summed E-state index contributed by atoms with van der Waals surface area (Å²) in [5.41, 5.74) is 1.15. The number of halogens is 3. The molecular formula is C12H11BrCl2N2O4. The lowest BCUT2D eigenvalue weighted by Gasteiger charge is -2.18. The molecule has 3 N–H and O–H groups in total. The molecule has 0 spiro atoms. The Morgan fingerprint density at radius 2 is 1.90 bits per heavy atom. The van der Waals surface area contributed by atoms with Crippen LogP contribution < -0.4 is 0 Å². The molecular weight excluding hydrogens is 387 g/mol. The van der Waals surface area contributed by atoms with Crippen LogP contribution in [-0.2, 0) is 4.74 Å². The quantitative estimate of drug-likeness (QED) is 0.718. The number of nitrogens with zero attached hydrogens (tertiary/aromatic N) is 2. The van der Waals surface area contributed by atoms with Gasteiger partial charge in [-0.3, -0.25) is 4.57 Å². The van der Waals surface area contributed by atoms with Gasteiger partial charge in [-0.2, -0.15) is 0 Å². The smallest absolute Gasteiger partial charge is 0.180 e. The number of aliphatic hydroxyl groups is 3. The second kappa shape index (κ2) is 5.66. The highest BCUT2D eigenvalue weighted by atomic mass is 79.9. The van der Waals surface area contributed by atoms with Gasteiger partial charge in [0.1, 0.15) is 18.3 Å². The standard InChI is InChI=1S/C12H11BrCl2N2O4/c13-12-16-6-1-4(14)5(15)2-7(6)17(12)11-10(20)9(19)8(3-18)21-11/h1-2,8-11,18-20H,3H2/t8-,9-,10-,11+/m0/s1. The van der Waals surface area contributed by atoms with Crippen molar-refractivity contribution < 1.29 is 20.1 Å². The van der Waals surface area contributed by atoms with Crippen molar-refractivity contribution in [2.24, 2.45) is 0 Å². The van der Waals surface area contributed by atoms with Crippen LogP contribution in [0.4, 0.5) is 0 Å². The van der Waals surface area contributed by atoms with E-state index in [2.05, 4.69) is 20.9 Å². The van der Waals surface area contributed by atoms with Crippen LogP contribution in [0, 0.1) is 0 Å². The van der Waals surface area contributed by atoms with Gasteiger partial charge in [0.25, 0.3) is 0 Å². The second-order valence-electron chi connectivity index (χ2n) is 4.73. The monoisotopic (exact) mass is 396 g/mol. The predicted molar refractivity (Wildman–Crippen MR) is 80.5 cm³/mol. The second-order valence-corrected chi connectivity index (χ2v) is 6.26. The first-order valence-corrected chi connectivity index (χ1v) is 7.64. The molecule has 6 nitrogen and oxygen atoms in total. The number of rotatable bonds is 2. The van der Waals surface area contributed by atoms with E-state index in [-0.39, 0.29) is 0 Å². The molecule has 9 heteroatoms. The molecule has 2 aromatic rings. The number of ether oxygens (including phenoxy) is 1. The average molecular weight is 398 g/mol. The van der Waals surface area contributed by atoms with E-state index >= 15 is 0 Å². The fourth-order valence-electron chi connectivity index (χ4n) is 2.40. The van der Waals surface area contributed by atoms with E-state index in [0.717, 1.165) is 0 Å². The summed E-state index contributed by atoms with van der Waals surface area (Å²) in [6.07, 6.45) is -4.15. The van der Waals surface area contributed by atoms with E-state index < -0.39 is 31.1 Å². The van der Waals surface area contributed by atoms with Crippen LogP contribution in [0.1, 0.15) is 6.23 Å². The summed E-state index contributed by atoms with van der Waals surface area (Å²) >= 11 is 15.3. The summed E-state index contributed by atoms with van der Waals surface area (Å²) in [5, 5.41) is 29.8. The maximum Gasteiger partial charge on any atom is 0.180 e. The number of imidazole rings is 1. The highest BCUT2D eigenvalue weighted by Crippen LogP contribution is 2.37. The fourth-order valence-corrected chi connectivity index (χ4v) is 3.30. The predicted octanol–water partition coefficient (Wildman–Crippen LogP) is 1.72.